The van der Waals surface area contributed by atoms with E-state index >= 15 is 0 Å². The van der Waals surface area contributed by atoms with Gasteiger partial charge in [0, 0.05) is 19.3 Å². The summed E-state index contributed by atoms with van der Waals surface area (Å²) in [6.07, 6.45) is 4.87. The monoisotopic (exact) mass is 291 g/mol. The summed E-state index contributed by atoms with van der Waals surface area (Å²) >= 11 is 0. The van der Waals surface area contributed by atoms with Gasteiger partial charge in [0.15, 0.2) is 6.10 Å². The molecular weight excluding hydrogens is 270 g/mol. The summed E-state index contributed by atoms with van der Waals surface area (Å²) in [5.74, 6) is 1.41. The normalized spacial score (nSPS) is 27.0. The highest BCUT2D eigenvalue weighted by atomic mass is 16.5. The van der Waals surface area contributed by atoms with Crippen LogP contribution in [0, 0.1) is 12.8 Å². The second kappa shape index (κ2) is 5.97. The lowest BCUT2D eigenvalue weighted by Gasteiger charge is -2.35. The molecule has 0 radical (unpaired) electrons. The number of aryl methyl sites for hydroxylation is 1. The number of piperidine rings is 1. The van der Waals surface area contributed by atoms with Gasteiger partial charge in [-0.1, -0.05) is 0 Å². The van der Waals surface area contributed by atoms with Gasteiger partial charge < -0.3 is 14.7 Å². The van der Waals surface area contributed by atoms with E-state index in [4.69, 9.17) is 9.84 Å². The van der Waals surface area contributed by atoms with Crippen LogP contribution in [0.15, 0.2) is 12.3 Å². The maximum Gasteiger partial charge on any atom is 0.332 e. The second-order valence-electron chi connectivity index (χ2n) is 5.87. The number of ether oxygens (including phenoxy) is 1. The van der Waals surface area contributed by atoms with E-state index in [1.807, 2.05) is 13.0 Å². The molecular formula is C15H21N3O3. The quantitative estimate of drug-likeness (QED) is 0.912. The fourth-order valence-corrected chi connectivity index (χ4v) is 3.31. The Bertz CT molecular complexity index is 515. The number of carboxylic acid groups (broad SMARTS) is 1. The lowest BCUT2D eigenvalue weighted by Crippen LogP contribution is -2.38. The molecule has 6 nitrogen and oxygen atoms in total. The van der Waals surface area contributed by atoms with E-state index in [-0.39, 0.29) is 6.10 Å². The van der Waals surface area contributed by atoms with E-state index in [0.717, 1.165) is 44.0 Å². The zero-order valence-corrected chi connectivity index (χ0v) is 12.2. The molecule has 114 valence electrons. The number of hydrogen-bond donors (Lipinski definition) is 1. The average molecular weight is 291 g/mol. The van der Waals surface area contributed by atoms with Crippen molar-refractivity contribution in [3.05, 3.63) is 18.1 Å². The largest absolute Gasteiger partial charge is 0.479 e. The van der Waals surface area contributed by atoms with Crippen molar-refractivity contribution in [3.63, 3.8) is 0 Å². The zero-order valence-electron chi connectivity index (χ0n) is 12.2. The van der Waals surface area contributed by atoms with Gasteiger partial charge in [-0.15, -0.1) is 0 Å². The van der Waals surface area contributed by atoms with Crippen LogP contribution in [0.2, 0.25) is 0 Å². The summed E-state index contributed by atoms with van der Waals surface area (Å²) < 4.78 is 5.68. The summed E-state index contributed by atoms with van der Waals surface area (Å²) in [5, 5.41) is 9.00. The van der Waals surface area contributed by atoms with Crippen molar-refractivity contribution in [1.82, 2.24) is 9.97 Å². The lowest BCUT2D eigenvalue weighted by molar-refractivity contribution is -0.150. The highest BCUT2D eigenvalue weighted by Crippen LogP contribution is 2.32. The number of nitrogens with zero attached hydrogens (tertiary/aromatic N) is 3. The van der Waals surface area contributed by atoms with Crippen LogP contribution in [0.5, 0.6) is 0 Å². The summed E-state index contributed by atoms with van der Waals surface area (Å²) in [4.78, 5) is 21.8. The molecule has 21 heavy (non-hydrogen) atoms. The first-order valence-electron chi connectivity index (χ1n) is 7.56. The van der Waals surface area contributed by atoms with Crippen LogP contribution >= 0.6 is 0 Å². The van der Waals surface area contributed by atoms with E-state index in [1.54, 1.807) is 6.20 Å². The minimum atomic E-state index is -0.827. The van der Waals surface area contributed by atoms with Gasteiger partial charge in [-0.2, -0.15) is 0 Å². The fourth-order valence-electron chi connectivity index (χ4n) is 3.31. The molecule has 3 rings (SSSR count). The molecule has 0 bridgehead atoms. The van der Waals surface area contributed by atoms with Crippen LogP contribution in [0.1, 0.15) is 31.5 Å². The van der Waals surface area contributed by atoms with Gasteiger partial charge in [-0.05, 0) is 44.6 Å². The Morgan fingerprint density at radius 2 is 2.10 bits per heavy atom. The van der Waals surface area contributed by atoms with Gasteiger partial charge >= 0.3 is 5.97 Å². The van der Waals surface area contributed by atoms with Crippen molar-refractivity contribution in [2.75, 3.05) is 18.0 Å². The van der Waals surface area contributed by atoms with E-state index in [9.17, 15) is 4.79 Å². The van der Waals surface area contributed by atoms with Crippen LogP contribution in [-0.4, -0.2) is 46.3 Å². The summed E-state index contributed by atoms with van der Waals surface area (Å²) in [5.41, 5.74) is 0. The third-order valence-corrected chi connectivity index (χ3v) is 4.48. The topological polar surface area (TPSA) is 75.6 Å². The number of carboxylic acids is 1. The predicted molar refractivity (Wildman–Crippen MR) is 77.2 cm³/mol. The molecule has 0 spiro atoms. The third kappa shape index (κ3) is 3.15. The number of aliphatic carboxylic acids is 1. The molecule has 0 aromatic carbocycles. The van der Waals surface area contributed by atoms with Crippen LogP contribution in [-0.2, 0) is 9.53 Å². The van der Waals surface area contributed by atoms with E-state index in [2.05, 4.69) is 14.9 Å². The van der Waals surface area contributed by atoms with Gasteiger partial charge in [-0.3, -0.25) is 0 Å². The first kappa shape index (κ1) is 14.3. The molecule has 2 aliphatic heterocycles. The van der Waals surface area contributed by atoms with Crippen molar-refractivity contribution in [3.8, 4) is 0 Å². The SMILES string of the molecule is Cc1nccc(N2CCC([C@@H]3CC[C@H](C(=O)O)O3)CC2)n1. The van der Waals surface area contributed by atoms with E-state index in [0.29, 0.717) is 12.3 Å². The molecule has 2 aliphatic rings. The minimum Gasteiger partial charge on any atom is -0.479 e. The van der Waals surface area contributed by atoms with Gasteiger partial charge in [0.05, 0.1) is 6.10 Å². The van der Waals surface area contributed by atoms with Crippen LogP contribution in [0.4, 0.5) is 5.82 Å². The van der Waals surface area contributed by atoms with Crippen molar-refractivity contribution < 1.29 is 14.6 Å². The maximum absolute atomic E-state index is 11.0. The van der Waals surface area contributed by atoms with Crippen molar-refractivity contribution in [2.24, 2.45) is 5.92 Å². The summed E-state index contributed by atoms with van der Waals surface area (Å²) in [7, 11) is 0. The molecule has 2 atom stereocenters. The Hall–Kier alpha value is -1.69. The Balaban J connectivity index is 1.55. The molecule has 2 fully saturated rings. The van der Waals surface area contributed by atoms with Gasteiger partial charge in [-0.25, -0.2) is 14.8 Å². The third-order valence-electron chi connectivity index (χ3n) is 4.48. The molecule has 0 aliphatic carbocycles. The zero-order chi connectivity index (χ0) is 14.8. The lowest BCUT2D eigenvalue weighted by atomic mass is 9.90. The van der Waals surface area contributed by atoms with E-state index in [1.165, 1.54) is 0 Å². The van der Waals surface area contributed by atoms with Crippen molar-refractivity contribution >= 4 is 11.8 Å². The van der Waals surface area contributed by atoms with Crippen molar-refractivity contribution in [1.29, 1.82) is 0 Å². The van der Waals surface area contributed by atoms with Crippen LogP contribution in [0.25, 0.3) is 0 Å². The highest BCUT2D eigenvalue weighted by molar-refractivity contribution is 5.72. The fraction of sp³-hybridized carbons (Fsp3) is 0.667. The number of carbonyl (C=O) groups is 1. The Morgan fingerprint density at radius 3 is 2.71 bits per heavy atom. The minimum absolute atomic E-state index is 0.111. The molecule has 1 aromatic heterocycles. The average Bonchev–Trinajstić information content (AvgIpc) is 2.97. The molecule has 0 amide bonds. The molecule has 2 saturated heterocycles. The van der Waals surface area contributed by atoms with Gasteiger partial charge in [0.2, 0.25) is 0 Å². The summed E-state index contributed by atoms with van der Waals surface area (Å²) in [6.45, 7) is 3.78. The first-order chi connectivity index (χ1) is 10.1. The standard InChI is InChI=1S/C15H21N3O3/c1-10-16-7-4-14(17-10)18-8-5-11(6-9-18)12-2-3-13(21-12)15(19)20/h4,7,11-13H,2-3,5-6,8-9H2,1H3,(H,19,20)/t12-,13+/m0/s1. The van der Waals surface area contributed by atoms with Crippen LogP contribution in [0.3, 0.4) is 0 Å². The number of rotatable bonds is 3. The molecule has 1 N–H and O–H groups in total. The van der Waals surface area contributed by atoms with Crippen molar-refractivity contribution in [2.45, 2.75) is 44.8 Å². The Morgan fingerprint density at radius 1 is 1.33 bits per heavy atom. The number of anilines is 1. The van der Waals surface area contributed by atoms with E-state index < -0.39 is 12.1 Å². The molecule has 0 unspecified atom stereocenters. The molecule has 1 aromatic rings. The first-order valence-corrected chi connectivity index (χ1v) is 7.56. The van der Waals surface area contributed by atoms with Crippen LogP contribution < -0.4 is 4.90 Å². The second-order valence-corrected chi connectivity index (χ2v) is 5.87. The molecule has 3 heterocycles. The summed E-state index contributed by atoms with van der Waals surface area (Å²) in [6, 6.07) is 1.94. The number of hydrogen-bond acceptors (Lipinski definition) is 5. The Kier molecular flexibility index (Phi) is 4.05. The number of aromatic nitrogens is 2. The predicted octanol–water partition coefficient (Wildman–Crippen LogP) is 1.63. The van der Waals surface area contributed by atoms with Gasteiger partial charge in [0.1, 0.15) is 11.6 Å². The maximum atomic E-state index is 11.0. The smallest absolute Gasteiger partial charge is 0.332 e. The molecule has 0 saturated carbocycles. The Labute approximate surface area is 124 Å². The van der Waals surface area contributed by atoms with Gasteiger partial charge in [0.25, 0.3) is 0 Å². The highest BCUT2D eigenvalue weighted by Gasteiger charge is 2.36. The molecule has 6 heteroatoms.